The number of amides is 2. The Kier molecular flexibility index (Phi) is 14.7. The van der Waals surface area contributed by atoms with Crippen LogP contribution in [0, 0.1) is 0 Å². The minimum atomic E-state index is -0.866. The fourth-order valence-corrected chi connectivity index (χ4v) is 1.92. The quantitative estimate of drug-likeness (QED) is 0.273. The first-order valence-corrected chi connectivity index (χ1v) is 8.60. The van der Waals surface area contributed by atoms with Crippen molar-refractivity contribution in [2.45, 2.75) is 38.6 Å². The molecule has 0 saturated heterocycles. The summed E-state index contributed by atoms with van der Waals surface area (Å²) in [6.45, 7) is 3.77. The van der Waals surface area contributed by atoms with E-state index in [0.29, 0.717) is 58.6 Å². The molecule has 0 spiro atoms. The van der Waals surface area contributed by atoms with Gasteiger partial charge >= 0.3 is 5.97 Å². The summed E-state index contributed by atoms with van der Waals surface area (Å²) in [4.78, 5) is 33.3. The Morgan fingerprint density at radius 2 is 1.64 bits per heavy atom. The van der Waals surface area contributed by atoms with Gasteiger partial charge in [-0.25, -0.2) is 0 Å². The summed E-state index contributed by atoms with van der Waals surface area (Å²) in [7, 11) is 1.61. The molecule has 0 heterocycles. The average Bonchev–Trinajstić information content (AvgIpc) is 2.59. The topological polar surface area (TPSA) is 126 Å². The monoisotopic (exact) mass is 361 g/mol. The number of carboxylic acids is 1. The van der Waals surface area contributed by atoms with E-state index < -0.39 is 12.0 Å². The first-order chi connectivity index (χ1) is 12.0. The van der Waals surface area contributed by atoms with Crippen LogP contribution >= 0.6 is 0 Å². The molecule has 9 heteroatoms. The average molecular weight is 361 g/mol. The van der Waals surface area contributed by atoms with Crippen molar-refractivity contribution in [2.24, 2.45) is 0 Å². The molecule has 146 valence electrons. The highest BCUT2D eigenvalue weighted by Gasteiger charge is 2.13. The van der Waals surface area contributed by atoms with E-state index in [1.807, 2.05) is 0 Å². The SMILES string of the molecule is CCC(=O)NCCOCCOCC(=O)NCCCC[C@H](NC)C(=O)O. The third kappa shape index (κ3) is 14.3. The minimum Gasteiger partial charge on any atom is -0.480 e. The standard InChI is InChI=1S/C16H31N3O6/c1-3-14(20)19-8-9-24-10-11-25-12-15(21)18-7-5-4-6-13(17-2)16(22)23/h13,17H,3-12H2,1-2H3,(H,18,21)(H,19,20)(H,22,23)/t13-/m0/s1. The van der Waals surface area contributed by atoms with Crippen LogP contribution in [0.15, 0.2) is 0 Å². The Hall–Kier alpha value is -1.71. The molecule has 0 aromatic carbocycles. The van der Waals surface area contributed by atoms with E-state index in [0.717, 1.165) is 0 Å². The summed E-state index contributed by atoms with van der Waals surface area (Å²) < 4.78 is 10.4. The summed E-state index contributed by atoms with van der Waals surface area (Å²) >= 11 is 0. The number of ether oxygens (including phenoxy) is 2. The van der Waals surface area contributed by atoms with Crippen molar-refractivity contribution in [1.82, 2.24) is 16.0 Å². The van der Waals surface area contributed by atoms with Gasteiger partial charge in [0, 0.05) is 19.5 Å². The number of likely N-dealkylation sites (N-methyl/N-ethyl adjacent to an activating group) is 1. The van der Waals surface area contributed by atoms with E-state index >= 15 is 0 Å². The summed E-state index contributed by atoms with van der Waals surface area (Å²) in [5.74, 6) is -1.09. The molecule has 0 aliphatic heterocycles. The molecular formula is C16H31N3O6. The molecule has 4 N–H and O–H groups in total. The van der Waals surface area contributed by atoms with Crippen LogP contribution in [0.3, 0.4) is 0 Å². The number of aliphatic carboxylic acids is 1. The fraction of sp³-hybridized carbons (Fsp3) is 0.812. The van der Waals surface area contributed by atoms with Gasteiger partial charge in [-0.1, -0.05) is 6.92 Å². The Morgan fingerprint density at radius 3 is 2.28 bits per heavy atom. The number of hydrogen-bond acceptors (Lipinski definition) is 6. The molecule has 25 heavy (non-hydrogen) atoms. The third-order valence-electron chi connectivity index (χ3n) is 3.38. The van der Waals surface area contributed by atoms with E-state index in [9.17, 15) is 14.4 Å². The molecule has 0 fully saturated rings. The lowest BCUT2D eigenvalue weighted by atomic mass is 10.1. The van der Waals surface area contributed by atoms with Crippen LogP contribution in [0.2, 0.25) is 0 Å². The van der Waals surface area contributed by atoms with Crippen molar-refractivity contribution in [1.29, 1.82) is 0 Å². The van der Waals surface area contributed by atoms with Gasteiger partial charge in [0.25, 0.3) is 0 Å². The Labute approximate surface area is 148 Å². The van der Waals surface area contributed by atoms with Gasteiger partial charge in [0.05, 0.1) is 19.8 Å². The molecular weight excluding hydrogens is 330 g/mol. The van der Waals surface area contributed by atoms with Gasteiger partial charge in [0.2, 0.25) is 11.8 Å². The minimum absolute atomic E-state index is 0.0130. The van der Waals surface area contributed by atoms with Crippen LogP contribution in [-0.2, 0) is 23.9 Å². The van der Waals surface area contributed by atoms with Crippen molar-refractivity contribution in [3.8, 4) is 0 Å². The molecule has 0 aliphatic carbocycles. The normalized spacial score (nSPS) is 11.8. The van der Waals surface area contributed by atoms with Gasteiger partial charge in [-0.2, -0.15) is 0 Å². The first kappa shape index (κ1) is 23.3. The zero-order valence-corrected chi connectivity index (χ0v) is 15.1. The predicted molar refractivity (Wildman–Crippen MR) is 92.3 cm³/mol. The van der Waals surface area contributed by atoms with Crippen molar-refractivity contribution in [3.05, 3.63) is 0 Å². The van der Waals surface area contributed by atoms with Crippen LogP contribution in [0.1, 0.15) is 32.6 Å². The summed E-state index contributed by atoms with van der Waals surface area (Å²) in [6.07, 6.45) is 2.40. The Balaban J connectivity index is 3.39. The van der Waals surface area contributed by atoms with Crippen molar-refractivity contribution in [3.63, 3.8) is 0 Å². The number of carboxylic acid groups (broad SMARTS) is 1. The lowest BCUT2D eigenvalue weighted by Gasteiger charge is -2.11. The van der Waals surface area contributed by atoms with Crippen LogP contribution in [0.5, 0.6) is 0 Å². The molecule has 0 bridgehead atoms. The van der Waals surface area contributed by atoms with Gasteiger partial charge in [0.15, 0.2) is 0 Å². The molecule has 0 aromatic heterocycles. The highest BCUT2D eigenvalue weighted by molar-refractivity contribution is 5.77. The highest BCUT2D eigenvalue weighted by atomic mass is 16.5. The van der Waals surface area contributed by atoms with Gasteiger partial charge in [0.1, 0.15) is 12.6 Å². The number of hydrogen-bond donors (Lipinski definition) is 4. The second-order valence-corrected chi connectivity index (χ2v) is 5.39. The van der Waals surface area contributed by atoms with Crippen molar-refractivity contribution < 1.29 is 29.0 Å². The Morgan fingerprint density at radius 1 is 0.960 bits per heavy atom. The zero-order chi connectivity index (χ0) is 18.9. The lowest BCUT2D eigenvalue weighted by Crippen LogP contribution is -2.34. The zero-order valence-electron chi connectivity index (χ0n) is 15.1. The molecule has 0 aromatic rings. The van der Waals surface area contributed by atoms with E-state index in [1.54, 1.807) is 14.0 Å². The first-order valence-electron chi connectivity index (χ1n) is 8.60. The van der Waals surface area contributed by atoms with E-state index in [1.165, 1.54) is 0 Å². The summed E-state index contributed by atoms with van der Waals surface area (Å²) in [5.41, 5.74) is 0. The van der Waals surface area contributed by atoms with Gasteiger partial charge in [-0.05, 0) is 26.3 Å². The predicted octanol–water partition coefficient (Wildman–Crippen LogP) is -0.495. The number of unbranched alkanes of at least 4 members (excludes halogenated alkanes) is 1. The summed E-state index contributed by atoms with van der Waals surface area (Å²) in [5, 5.41) is 17.0. The maximum absolute atomic E-state index is 11.5. The second-order valence-electron chi connectivity index (χ2n) is 5.39. The second kappa shape index (κ2) is 15.8. The largest absolute Gasteiger partial charge is 0.480 e. The van der Waals surface area contributed by atoms with E-state index in [-0.39, 0.29) is 18.4 Å². The van der Waals surface area contributed by atoms with Crippen LogP contribution in [0.25, 0.3) is 0 Å². The van der Waals surface area contributed by atoms with E-state index in [2.05, 4.69) is 16.0 Å². The molecule has 0 radical (unpaired) electrons. The Bertz CT molecular complexity index is 392. The van der Waals surface area contributed by atoms with Gasteiger partial charge in [-0.3, -0.25) is 14.4 Å². The molecule has 0 unspecified atom stereocenters. The van der Waals surface area contributed by atoms with Crippen molar-refractivity contribution >= 4 is 17.8 Å². The van der Waals surface area contributed by atoms with Gasteiger partial charge in [-0.15, -0.1) is 0 Å². The van der Waals surface area contributed by atoms with E-state index in [4.69, 9.17) is 14.6 Å². The third-order valence-corrected chi connectivity index (χ3v) is 3.38. The molecule has 1 atom stereocenters. The number of carbonyl (C=O) groups is 3. The van der Waals surface area contributed by atoms with Crippen molar-refractivity contribution in [2.75, 3.05) is 46.6 Å². The number of carbonyl (C=O) groups excluding carboxylic acids is 2. The fourth-order valence-electron chi connectivity index (χ4n) is 1.92. The highest BCUT2D eigenvalue weighted by Crippen LogP contribution is 2.00. The molecule has 0 aliphatic rings. The molecule has 0 rings (SSSR count). The molecule has 0 saturated carbocycles. The van der Waals surface area contributed by atoms with Gasteiger partial charge < -0.3 is 30.5 Å². The summed E-state index contributed by atoms with van der Waals surface area (Å²) in [6, 6.07) is -0.547. The number of rotatable bonds is 16. The van der Waals surface area contributed by atoms with Crippen LogP contribution < -0.4 is 16.0 Å². The molecule has 2 amide bonds. The lowest BCUT2D eigenvalue weighted by molar-refractivity contribution is -0.139. The maximum Gasteiger partial charge on any atom is 0.320 e. The van der Waals surface area contributed by atoms with Crippen LogP contribution in [0.4, 0.5) is 0 Å². The maximum atomic E-state index is 11.5. The van der Waals surface area contributed by atoms with Crippen LogP contribution in [-0.4, -0.2) is 75.5 Å². The number of nitrogens with one attached hydrogen (secondary N) is 3. The molecule has 9 nitrogen and oxygen atoms in total. The smallest absolute Gasteiger partial charge is 0.320 e.